The third kappa shape index (κ3) is 5.10. The normalized spacial score (nSPS) is 23.4. The molecule has 0 heterocycles. The monoisotopic (exact) mass is 258 g/mol. The van der Waals surface area contributed by atoms with Gasteiger partial charge >= 0.3 is 0 Å². The number of carbonyl (C=O) groups is 1. The minimum Gasteiger partial charge on any atom is -0.323 e. The van der Waals surface area contributed by atoms with Gasteiger partial charge < -0.3 is 11.1 Å². The molecule has 3 heteroatoms. The molecule has 0 aromatic rings. The van der Waals surface area contributed by atoms with Crippen LogP contribution in [0.1, 0.15) is 27.2 Å². The molecule has 3 nitrogen and oxygen atoms in total. The average molecular weight is 258 g/mol. The highest BCUT2D eigenvalue weighted by Gasteiger charge is 2.19. The maximum Gasteiger partial charge on any atom is 0.255 e. The molecule has 1 amide bonds. The first-order valence-electron chi connectivity index (χ1n) is 6.33. The van der Waals surface area contributed by atoms with Gasteiger partial charge in [-0.3, -0.25) is 4.79 Å². The van der Waals surface area contributed by atoms with Crippen molar-refractivity contribution in [3.63, 3.8) is 0 Å². The number of rotatable bonds is 4. The van der Waals surface area contributed by atoms with Crippen LogP contribution in [0.2, 0.25) is 0 Å². The third-order valence-electron chi connectivity index (χ3n) is 2.94. The number of nitrogens with two attached hydrogens (primary N) is 1. The lowest BCUT2D eigenvalue weighted by Crippen LogP contribution is -2.35. The van der Waals surface area contributed by atoms with Crippen molar-refractivity contribution in [2.24, 2.45) is 5.73 Å². The zero-order chi connectivity index (χ0) is 14.5. The Bertz CT molecular complexity index is 491. The van der Waals surface area contributed by atoms with Gasteiger partial charge in [0.2, 0.25) is 0 Å². The quantitative estimate of drug-likeness (QED) is 0.762. The summed E-state index contributed by atoms with van der Waals surface area (Å²) in [5, 5.41) is 2.75. The summed E-state index contributed by atoms with van der Waals surface area (Å²) in [7, 11) is 0. The lowest BCUT2D eigenvalue weighted by Gasteiger charge is -2.22. The van der Waals surface area contributed by atoms with Gasteiger partial charge in [-0.2, -0.15) is 0 Å². The van der Waals surface area contributed by atoms with Crippen molar-refractivity contribution in [2.75, 3.05) is 0 Å². The highest BCUT2D eigenvalue weighted by atomic mass is 16.1. The predicted molar refractivity (Wildman–Crippen MR) is 80.3 cm³/mol. The molecule has 1 aliphatic carbocycles. The molecule has 0 aromatic heterocycles. The number of allylic oxidation sites excluding steroid dienone is 4. The summed E-state index contributed by atoms with van der Waals surface area (Å²) in [5.74, 6) is -0.153. The van der Waals surface area contributed by atoms with Crippen molar-refractivity contribution < 1.29 is 4.79 Å². The zero-order valence-corrected chi connectivity index (χ0v) is 11.9. The third-order valence-corrected chi connectivity index (χ3v) is 2.94. The standard InChI is InChI=1S/C16H22N2O/c1-5-12(2)6-7-13(3)18-15(19)14-8-10-16(4,17)11-9-14/h5-10H,3,11,17H2,1-2,4H3,(H,18,19)/b7-6-,12-5-. The van der Waals surface area contributed by atoms with E-state index in [4.69, 9.17) is 5.73 Å². The fraction of sp³-hybridized carbons (Fsp3) is 0.312. The van der Waals surface area contributed by atoms with Gasteiger partial charge in [0.25, 0.3) is 5.91 Å². The van der Waals surface area contributed by atoms with Crippen LogP contribution in [0.4, 0.5) is 0 Å². The molecule has 19 heavy (non-hydrogen) atoms. The van der Waals surface area contributed by atoms with Gasteiger partial charge in [-0.15, -0.1) is 0 Å². The van der Waals surface area contributed by atoms with E-state index >= 15 is 0 Å². The molecule has 0 saturated carbocycles. The number of amides is 1. The number of nitrogens with one attached hydrogen (secondary N) is 1. The number of hydrogen-bond donors (Lipinski definition) is 2. The molecule has 1 unspecified atom stereocenters. The van der Waals surface area contributed by atoms with Crippen molar-refractivity contribution in [1.29, 1.82) is 0 Å². The zero-order valence-electron chi connectivity index (χ0n) is 11.9. The van der Waals surface area contributed by atoms with Crippen LogP contribution in [0.15, 0.2) is 59.9 Å². The topological polar surface area (TPSA) is 55.1 Å². The molecule has 1 aliphatic rings. The maximum absolute atomic E-state index is 12.0. The van der Waals surface area contributed by atoms with E-state index in [2.05, 4.69) is 11.9 Å². The van der Waals surface area contributed by atoms with Crippen molar-refractivity contribution in [1.82, 2.24) is 5.32 Å². The number of carbonyl (C=O) groups excluding carboxylic acids is 1. The fourth-order valence-corrected chi connectivity index (χ4v) is 1.50. The summed E-state index contributed by atoms with van der Waals surface area (Å²) >= 11 is 0. The minimum absolute atomic E-state index is 0.153. The molecular formula is C16H22N2O. The van der Waals surface area contributed by atoms with E-state index in [1.807, 2.05) is 45.1 Å². The smallest absolute Gasteiger partial charge is 0.255 e. The average Bonchev–Trinajstić information content (AvgIpc) is 2.35. The fourth-order valence-electron chi connectivity index (χ4n) is 1.50. The molecule has 0 spiro atoms. The Hall–Kier alpha value is -1.87. The Morgan fingerprint density at radius 3 is 2.74 bits per heavy atom. The first kappa shape index (κ1) is 15.2. The van der Waals surface area contributed by atoms with Gasteiger partial charge in [-0.05, 0) is 33.3 Å². The Kier molecular flexibility index (Phi) is 5.07. The van der Waals surface area contributed by atoms with E-state index in [-0.39, 0.29) is 11.4 Å². The summed E-state index contributed by atoms with van der Waals surface area (Å²) in [5.41, 5.74) is 7.90. The van der Waals surface area contributed by atoms with E-state index in [0.29, 0.717) is 17.7 Å². The Labute approximate surface area is 115 Å². The molecule has 0 bridgehead atoms. The summed E-state index contributed by atoms with van der Waals surface area (Å²) in [6.45, 7) is 9.68. The second-order valence-electron chi connectivity index (χ2n) is 5.05. The van der Waals surface area contributed by atoms with Crippen LogP contribution in [-0.4, -0.2) is 11.4 Å². The van der Waals surface area contributed by atoms with Gasteiger partial charge in [-0.25, -0.2) is 0 Å². The van der Waals surface area contributed by atoms with Crippen molar-refractivity contribution in [2.45, 2.75) is 32.7 Å². The second kappa shape index (κ2) is 6.34. The predicted octanol–water partition coefficient (Wildman–Crippen LogP) is 2.74. The van der Waals surface area contributed by atoms with Gasteiger partial charge in [0, 0.05) is 16.8 Å². The lowest BCUT2D eigenvalue weighted by atomic mass is 9.91. The SMILES string of the molecule is C=C(/C=C\C(C)=C/C)NC(=O)C1=CCC(C)(N)C=C1. The van der Waals surface area contributed by atoms with E-state index in [0.717, 1.165) is 5.57 Å². The van der Waals surface area contributed by atoms with Crippen LogP contribution >= 0.6 is 0 Å². The molecule has 0 radical (unpaired) electrons. The molecule has 0 aliphatic heterocycles. The van der Waals surface area contributed by atoms with E-state index < -0.39 is 0 Å². The van der Waals surface area contributed by atoms with Crippen molar-refractivity contribution >= 4 is 5.91 Å². The molecule has 0 aromatic carbocycles. The van der Waals surface area contributed by atoms with Crippen LogP contribution < -0.4 is 11.1 Å². The second-order valence-corrected chi connectivity index (χ2v) is 5.05. The van der Waals surface area contributed by atoms with Crippen LogP contribution in [0.5, 0.6) is 0 Å². The van der Waals surface area contributed by atoms with E-state index in [1.165, 1.54) is 0 Å². The molecule has 1 atom stereocenters. The molecule has 102 valence electrons. The minimum atomic E-state index is -0.357. The lowest BCUT2D eigenvalue weighted by molar-refractivity contribution is -0.116. The van der Waals surface area contributed by atoms with Crippen molar-refractivity contribution in [3.05, 3.63) is 59.9 Å². The Morgan fingerprint density at radius 2 is 2.21 bits per heavy atom. The Balaban J connectivity index is 2.58. The molecular weight excluding hydrogens is 236 g/mol. The summed E-state index contributed by atoms with van der Waals surface area (Å²) in [4.78, 5) is 12.0. The first-order chi connectivity index (χ1) is 8.84. The number of hydrogen-bond acceptors (Lipinski definition) is 2. The molecule has 0 saturated heterocycles. The van der Waals surface area contributed by atoms with Crippen LogP contribution in [0.25, 0.3) is 0 Å². The van der Waals surface area contributed by atoms with Crippen LogP contribution in [-0.2, 0) is 4.79 Å². The summed E-state index contributed by atoms with van der Waals surface area (Å²) in [6.07, 6.45) is 11.8. The largest absolute Gasteiger partial charge is 0.323 e. The van der Waals surface area contributed by atoms with Gasteiger partial charge in [0.05, 0.1) is 0 Å². The van der Waals surface area contributed by atoms with E-state index in [1.54, 1.807) is 12.2 Å². The molecule has 0 fully saturated rings. The Morgan fingerprint density at radius 1 is 1.53 bits per heavy atom. The van der Waals surface area contributed by atoms with Gasteiger partial charge in [-0.1, -0.05) is 42.5 Å². The first-order valence-corrected chi connectivity index (χ1v) is 6.33. The van der Waals surface area contributed by atoms with Crippen LogP contribution in [0.3, 0.4) is 0 Å². The summed E-state index contributed by atoms with van der Waals surface area (Å²) in [6, 6.07) is 0. The van der Waals surface area contributed by atoms with Gasteiger partial charge in [0.15, 0.2) is 0 Å². The van der Waals surface area contributed by atoms with Gasteiger partial charge in [0.1, 0.15) is 0 Å². The summed E-state index contributed by atoms with van der Waals surface area (Å²) < 4.78 is 0. The maximum atomic E-state index is 12.0. The molecule has 3 N–H and O–H groups in total. The van der Waals surface area contributed by atoms with E-state index in [9.17, 15) is 4.79 Å². The highest BCUT2D eigenvalue weighted by Crippen LogP contribution is 2.18. The van der Waals surface area contributed by atoms with Crippen molar-refractivity contribution in [3.8, 4) is 0 Å². The highest BCUT2D eigenvalue weighted by molar-refractivity contribution is 5.97. The molecule has 1 rings (SSSR count). The van der Waals surface area contributed by atoms with Crippen LogP contribution in [0, 0.1) is 0 Å².